The van der Waals surface area contributed by atoms with Crippen molar-refractivity contribution in [2.24, 2.45) is 5.92 Å². The van der Waals surface area contributed by atoms with Gasteiger partial charge in [-0.15, -0.1) is 0 Å². The predicted octanol–water partition coefficient (Wildman–Crippen LogP) is 0.981. The third-order valence-electron chi connectivity index (χ3n) is 2.52. The number of rotatable bonds is 5. The van der Waals surface area contributed by atoms with Crippen molar-refractivity contribution in [2.75, 3.05) is 12.8 Å². The number of hydrogen-bond donors (Lipinski definition) is 2. The first kappa shape index (κ1) is 14.9. The molecule has 1 aromatic rings. The summed E-state index contributed by atoms with van der Waals surface area (Å²) in [6, 6.07) is 2.42. The summed E-state index contributed by atoms with van der Waals surface area (Å²) >= 11 is 0. The number of esters is 1. The van der Waals surface area contributed by atoms with Crippen molar-refractivity contribution in [1.29, 1.82) is 0 Å². The molecular formula is C13H19N3O3. The monoisotopic (exact) mass is 265 g/mol. The first-order valence-electron chi connectivity index (χ1n) is 6.04. The standard InChI is InChI=1S/C13H19N3O3/c1-8(2)6-11(13(18)19-3)16-12(17)10-5-4-9(14)7-15-10/h4-5,7-8,11H,6,14H2,1-3H3,(H,16,17)/t11-/m0/s1. The van der Waals surface area contributed by atoms with Crippen molar-refractivity contribution in [1.82, 2.24) is 10.3 Å². The zero-order chi connectivity index (χ0) is 14.4. The van der Waals surface area contributed by atoms with Crippen molar-refractivity contribution >= 4 is 17.6 Å². The third kappa shape index (κ3) is 4.57. The average molecular weight is 265 g/mol. The molecule has 0 aliphatic rings. The van der Waals surface area contributed by atoms with Crippen LogP contribution >= 0.6 is 0 Å². The number of aromatic nitrogens is 1. The molecular weight excluding hydrogens is 246 g/mol. The van der Waals surface area contributed by atoms with E-state index < -0.39 is 17.9 Å². The van der Waals surface area contributed by atoms with Gasteiger partial charge in [0.1, 0.15) is 11.7 Å². The number of nitrogen functional groups attached to an aromatic ring is 1. The maximum absolute atomic E-state index is 11.9. The fraction of sp³-hybridized carbons (Fsp3) is 0.462. The van der Waals surface area contributed by atoms with E-state index in [0.717, 1.165) is 0 Å². The molecule has 1 heterocycles. The Morgan fingerprint density at radius 1 is 1.42 bits per heavy atom. The zero-order valence-electron chi connectivity index (χ0n) is 11.3. The van der Waals surface area contributed by atoms with Gasteiger partial charge in [0.05, 0.1) is 19.0 Å². The lowest BCUT2D eigenvalue weighted by Gasteiger charge is -2.18. The lowest BCUT2D eigenvalue weighted by atomic mass is 10.0. The van der Waals surface area contributed by atoms with Crippen molar-refractivity contribution in [2.45, 2.75) is 26.3 Å². The Balaban J connectivity index is 2.75. The van der Waals surface area contributed by atoms with Crippen LogP contribution in [0.25, 0.3) is 0 Å². The molecule has 0 saturated heterocycles. The lowest BCUT2D eigenvalue weighted by Crippen LogP contribution is -2.42. The summed E-state index contributed by atoms with van der Waals surface area (Å²) in [5.41, 5.74) is 6.19. The fourth-order valence-corrected chi connectivity index (χ4v) is 1.60. The number of pyridine rings is 1. The molecule has 0 aliphatic heterocycles. The molecule has 0 spiro atoms. The van der Waals surface area contributed by atoms with E-state index in [4.69, 9.17) is 5.73 Å². The second-order valence-corrected chi connectivity index (χ2v) is 4.66. The van der Waals surface area contributed by atoms with E-state index in [1.54, 1.807) is 6.07 Å². The highest BCUT2D eigenvalue weighted by Gasteiger charge is 2.23. The summed E-state index contributed by atoms with van der Waals surface area (Å²) in [7, 11) is 1.29. The quantitative estimate of drug-likeness (QED) is 0.774. The van der Waals surface area contributed by atoms with Gasteiger partial charge in [-0.25, -0.2) is 9.78 Å². The fourth-order valence-electron chi connectivity index (χ4n) is 1.60. The molecule has 0 fully saturated rings. The van der Waals surface area contributed by atoms with Crippen molar-refractivity contribution in [3.05, 3.63) is 24.0 Å². The molecule has 19 heavy (non-hydrogen) atoms. The Hall–Kier alpha value is -2.11. The van der Waals surface area contributed by atoms with Gasteiger partial charge in [0.2, 0.25) is 0 Å². The first-order chi connectivity index (χ1) is 8.93. The molecule has 0 saturated carbocycles. The van der Waals surface area contributed by atoms with Gasteiger partial charge in [0.15, 0.2) is 0 Å². The van der Waals surface area contributed by atoms with Gasteiger partial charge < -0.3 is 15.8 Å². The number of methoxy groups -OCH3 is 1. The highest BCUT2D eigenvalue weighted by Crippen LogP contribution is 2.08. The van der Waals surface area contributed by atoms with Crippen LogP contribution in [0.4, 0.5) is 5.69 Å². The lowest BCUT2D eigenvalue weighted by molar-refractivity contribution is -0.143. The van der Waals surface area contributed by atoms with Gasteiger partial charge in [-0.3, -0.25) is 4.79 Å². The van der Waals surface area contributed by atoms with Crippen LogP contribution in [0, 0.1) is 5.92 Å². The third-order valence-corrected chi connectivity index (χ3v) is 2.52. The molecule has 1 amide bonds. The number of ether oxygens (including phenoxy) is 1. The molecule has 1 aromatic heterocycles. The molecule has 0 radical (unpaired) electrons. The number of carbonyl (C=O) groups is 2. The second-order valence-electron chi connectivity index (χ2n) is 4.66. The normalized spacial score (nSPS) is 12.0. The number of anilines is 1. The minimum Gasteiger partial charge on any atom is -0.467 e. The van der Waals surface area contributed by atoms with Crippen LogP contribution in [0.2, 0.25) is 0 Å². The number of amides is 1. The van der Waals surface area contributed by atoms with E-state index in [1.165, 1.54) is 19.4 Å². The SMILES string of the molecule is COC(=O)[C@H](CC(C)C)NC(=O)c1ccc(N)cn1. The van der Waals surface area contributed by atoms with E-state index in [-0.39, 0.29) is 11.6 Å². The van der Waals surface area contributed by atoms with Crippen LogP contribution in [0.5, 0.6) is 0 Å². The van der Waals surface area contributed by atoms with Crippen LogP contribution in [0.15, 0.2) is 18.3 Å². The van der Waals surface area contributed by atoms with E-state index in [9.17, 15) is 9.59 Å². The van der Waals surface area contributed by atoms with Gasteiger partial charge in [-0.2, -0.15) is 0 Å². The smallest absolute Gasteiger partial charge is 0.328 e. The second kappa shape index (κ2) is 6.72. The number of nitrogens with two attached hydrogens (primary N) is 1. The van der Waals surface area contributed by atoms with E-state index in [0.29, 0.717) is 12.1 Å². The minimum absolute atomic E-state index is 0.215. The Bertz CT molecular complexity index is 443. The van der Waals surface area contributed by atoms with Crippen LogP contribution < -0.4 is 11.1 Å². The number of nitrogens with zero attached hydrogens (tertiary/aromatic N) is 1. The molecule has 1 atom stereocenters. The summed E-state index contributed by atoms with van der Waals surface area (Å²) in [6.45, 7) is 3.92. The maximum atomic E-state index is 11.9. The van der Waals surface area contributed by atoms with Gasteiger partial charge in [0, 0.05) is 0 Å². The topological polar surface area (TPSA) is 94.3 Å². The van der Waals surface area contributed by atoms with Crippen molar-refractivity contribution < 1.29 is 14.3 Å². The molecule has 3 N–H and O–H groups in total. The highest BCUT2D eigenvalue weighted by molar-refractivity contribution is 5.95. The van der Waals surface area contributed by atoms with Crippen molar-refractivity contribution in [3.8, 4) is 0 Å². The Kier molecular flexibility index (Phi) is 5.29. The van der Waals surface area contributed by atoms with Gasteiger partial charge in [-0.1, -0.05) is 13.8 Å². The van der Waals surface area contributed by atoms with Gasteiger partial charge in [0.25, 0.3) is 5.91 Å². The number of hydrogen-bond acceptors (Lipinski definition) is 5. The summed E-state index contributed by atoms with van der Waals surface area (Å²) in [5, 5.41) is 2.62. The Morgan fingerprint density at radius 3 is 2.58 bits per heavy atom. The van der Waals surface area contributed by atoms with E-state index in [1.807, 2.05) is 13.8 Å². The van der Waals surface area contributed by atoms with Crippen LogP contribution in [-0.2, 0) is 9.53 Å². The Labute approximate surface area is 112 Å². The predicted molar refractivity (Wildman–Crippen MR) is 71.4 cm³/mol. The van der Waals surface area contributed by atoms with E-state index >= 15 is 0 Å². The van der Waals surface area contributed by atoms with Crippen LogP contribution in [-0.4, -0.2) is 30.0 Å². The maximum Gasteiger partial charge on any atom is 0.328 e. The first-order valence-corrected chi connectivity index (χ1v) is 6.04. The molecule has 1 rings (SSSR count). The van der Waals surface area contributed by atoms with Crippen LogP contribution in [0.3, 0.4) is 0 Å². The molecule has 0 aliphatic carbocycles. The summed E-state index contributed by atoms with van der Waals surface area (Å²) in [4.78, 5) is 27.4. The van der Waals surface area contributed by atoms with Gasteiger partial charge in [-0.05, 0) is 24.5 Å². The zero-order valence-corrected chi connectivity index (χ0v) is 11.3. The van der Waals surface area contributed by atoms with E-state index in [2.05, 4.69) is 15.0 Å². The highest BCUT2D eigenvalue weighted by atomic mass is 16.5. The summed E-state index contributed by atoms with van der Waals surface area (Å²) in [5.74, 6) is -0.627. The molecule has 0 aromatic carbocycles. The molecule has 6 nitrogen and oxygen atoms in total. The molecule has 0 bridgehead atoms. The number of nitrogens with one attached hydrogen (secondary N) is 1. The molecule has 104 valence electrons. The largest absolute Gasteiger partial charge is 0.467 e. The Morgan fingerprint density at radius 2 is 2.11 bits per heavy atom. The minimum atomic E-state index is -0.670. The van der Waals surface area contributed by atoms with Crippen molar-refractivity contribution in [3.63, 3.8) is 0 Å². The number of carbonyl (C=O) groups excluding carboxylic acids is 2. The van der Waals surface area contributed by atoms with Crippen LogP contribution in [0.1, 0.15) is 30.8 Å². The molecule has 0 unspecified atom stereocenters. The summed E-state index contributed by atoms with van der Waals surface area (Å²) < 4.78 is 4.68. The molecule has 6 heteroatoms. The average Bonchev–Trinajstić information content (AvgIpc) is 2.37. The van der Waals surface area contributed by atoms with Gasteiger partial charge >= 0.3 is 5.97 Å². The summed E-state index contributed by atoms with van der Waals surface area (Å²) in [6.07, 6.45) is 1.90.